The number of fused-ring (bicyclic) bond motifs is 10. The van der Waals surface area contributed by atoms with Gasteiger partial charge in [0.25, 0.3) is 0 Å². The van der Waals surface area contributed by atoms with Crippen LogP contribution in [0.4, 0.5) is 0 Å². The smallest absolute Gasteiger partial charge is 0.165 e. The van der Waals surface area contributed by atoms with E-state index in [0.29, 0.717) is 17.5 Å². The summed E-state index contributed by atoms with van der Waals surface area (Å²) in [5.74, 6) is 1.97. The third kappa shape index (κ3) is 4.44. The number of aromatic nitrogens is 4. The van der Waals surface area contributed by atoms with Gasteiger partial charge in [-0.2, -0.15) is 0 Å². The molecule has 3 aromatic heterocycles. The van der Waals surface area contributed by atoms with Crippen LogP contribution >= 0.6 is 11.3 Å². The summed E-state index contributed by atoms with van der Waals surface area (Å²) in [5.41, 5.74) is 11.6. The highest BCUT2D eigenvalue weighted by Gasteiger charge is 2.37. The van der Waals surface area contributed by atoms with Gasteiger partial charge in [0.15, 0.2) is 17.5 Å². The van der Waals surface area contributed by atoms with E-state index in [2.05, 4.69) is 140 Å². The quantitative estimate of drug-likeness (QED) is 0.184. The van der Waals surface area contributed by atoms with E-state index in [-0.39, 0.29) is 5.41 Å². The molecule has 0 fully saturated rings. The predicted octanol–water partition coefficient (Wildman–Crippen LogP) is 12.6. The van der Waals surface area contributed by atoms with Crippen molar-refractivity contribution in [3.8, 4) is 51.0 Å². The van der Waals surface area contributed by atoms with E-state index in [0.717, 1.165) is 27.1 Å². The molecule has 53 heavy (non-hydrogen) atoms. The standard InChI is InChI=1S/C48H32N4S/c1-48(2)38-22-12-9-21-35(38)42-39(48)26-25-34-32-19-10-13-23-40(32)52(43(34)42)31-27-36-33-20-11-14-24-41(33)53-44(36)37(28-31)47-50-45(29-15-5-3-6-16-29)49-46(51-47)30-17-7-4-8-18-30/h3-28H,1-2H3. The van der Waals surface area contributed by atoms with E-state index in [1.807, 2.05) is 36.4 Å². The second-order valence-corrected chi connectivity index (χ2v) is 15.5. The van der Waals surface area contributed by atoms with E-state index in [1.165, 1.54) is 59.5 Å². The van der Waals surface area contributed by atoms with Crippen LogP contribution in [0.3, 0.4) is 0 Å². The van der Waals surface area contributed by atoms with Crippen molar-refractivity contribution in [1.82, 2.24) is 19.5 Å². The molecule has 0 bridgehead atoms. The van der Waals surface area contributed by atoms with Gasteiger partial charge in [0.2, 0.25) is 0 Å². The zero-order chi connectivity index (χ0) is 35.3. The molecule has 10 aromatic rings. The summed E-state index contributed by atoms with van der Waals surface area (Å²) < 4.78 is 4.89. The van der Waals surface area contributed by atoms with Crippen molar-refractivity contribution in [3.63, 3.8) is 0 Å². The first-order valence-electron chi connectivity index (χ1n) is 18.0. The van der Waals surface area contributed by atoms with Gasteiger partial charge in [-0.25, -0.2) is 15.0 Å². The molecule has 0 saturated heterocycles. The van der Waals surface area contributed by atoms with Gasteiger partial charge in [-0.1, -0.05) is 147 Å². The molecule has 4 nitrogen and oxygen atoms in total. The van der Waals surface area contributed by atoms with Gasteiger partial charge in [-0.3, -0.25) is 0 Å². The lowest BCUT2D eigenvalue weighted by Crippen LogP contribution is -2.14. The summed E-state index contributed by atoms with van der Waals surface area (Å²) in [6.07, 6.45) is 0. The molecule has 0 radical (unpaired) electrons. The number of hydrogen-bond acceptors (Lipinski definition) is 4. The fourth-order valence-electron chi connectivity index (χ4n) is 8.55. The molecule has 0 atom stereocenters. The minimum Gasteiger partial charge on any atom is -0.309 e. The second kappa shape index (κ2) is 11.3. The average Bonchev–Trinajstić information content (AvgIpc) is 3.84. The van der Waals surface area contributed by atoms with Crippen molar-refractivity contribution in [1.29, 1.82) is 0 Å². The Bertz CT molecular complexity index is 3020. The van der Waals surface area contributed by atoms with Crippen molar-refractivity contribution < 1.29 is 0 Å². The number of thiophene rings is 1. The predicted molar refractivity (Wildman–Crippen MR) is 221 cm³/mol. The molecule has 0 spiro atoms. The number of hydrogen-bond donors (Lipinski definition) is 0. The first-order valence-corrected chi connectivity index (χ1v) is 18.9. The van der Waals surface area contributed by atoms with E-state index in [1.54, 1.807) is 11.3 Å². The lowest BCUT2D eigenvalue weighted by Gasteiger charge is -2.21. The molecule has 250 valence electrons. The van der Waals surface area contributed by atoms with E-state index in [9.17, 15) is 0 Å². The van der Waals surface area contributed by atoms with Gasteiger partial charge in [-0.05, 0) is 41.0 Å². The molecule has 0 unspecified atom stereocenters. The Morgan fingerprint density at radius 2 is 1.11 bits per heavy atom. The third-order valence-corrected chi connectivity index (χ3v) is 12.3. The number of benzene rings is 7. The SMILES string of the molecule is CC1(C)c2ccccc2-c2c1ccc1c3ccccc3n(-c3cc(-c4nc(-c5ccccc5)nc(-c5ccccc5)n4)c4sc5ccccc5c4c3)c21. The van der Waals surface area contributed by atoms with Crippen molar-refractivity contribution in [2.45, 2.75) is 19.3 Å². The molecule has 0 saturated carbocycles. The van der Waals surface area contributed by atoms with Gasteiger partial charge in [0.1, 0.15) is 0 Å². The summed E-state index contributed by atoms with van der Waals surface area (Å²) in [6.45, 7) is 4.71. The normalized spacial score (nSPS) is 13.2. The zero-order valence-electron chi connectivity index (χ0n) is 29.2. The van der Waals surface area contributed by atoms with Crippen molar-refractivity contribution >= 4 is 53.3 Å². The van der Waals surface area contributed by atoms with Gasteiger partial charge in [-0.15, -0.1) is 11.3 Å². The Morgan fingerprint density at radius 3 is 1.87 bits per heavy atom. The molecule has 1 aliphatic rings. The van der Waals surface area contributed by atoms with Crippen LogP contribution in [0, 0.1) is 0 Å². The summed E-state index contributed by atoms with van der Waals surface area (Å²) in [6, 6.07) is 56.3. The molecular weight excluding hydrogens is 665 g/mol. The summed E-state index contributed by atoms with van der Waals surface area (Å²) in [5, 5.41) is 4.91. The summed E-state index contributed by atoms with van der Waals surface area (Å²) in [7, 11) is 0. The van der Waals surface area contributed by atoms with Gasteiger partial charge in [0.05, 0.1) is 11.0 Å². The van der Waals surface area contributed by atoms with Crippen LogP contribution in [0.25, 0.3) is 93.0 Å². The van der Waals surface area contributed by atoms with Crippen LogP contribution in [0.1, 0.15) is 25.0 Å². The molecular formula is C48H32N4S. The fourth-order valence-corrected chi connectivity index (χ4v) is 9.74. The molecule has 0 amide bonds. The maximum atomic E-state index is 5.25. The van der Waals surface area contributed by atoms with Crippen molar-refractivity contribution in [2.24, 2.45) is 0 Å². The zero-order valence-corrected chi connectivity index (χ0v) is 30.0. The minimum atomic E-state index is -0.118. The minimum absolute atomic E-state index is 0.118. The highest BCUT2D eigenvalue weighted by atomic mass is 32.1. The van der Waals surface area contributed by atoms with Crippen LogP contribution in [0.2, 0.25) is 0 Å². The monoisotopic (exact) mass is 696 g/mol. The number of rotatable bonds is 4. The number of nitrogens with zero attached hydrogens (tertiary/aromatic N) is 4. The third-order valence-electron chi connectivity index (χ3n) is 11.0. The molecule has 11 rings (SSSR count). The van der Waals surface area contributed by atoms with Gasteiger partial charge >= 0.3 is 0 Å². The first kappa shape index (κ1) is 30.2. The topological polar surface area (TPSA) is 43.6 Å². The van der Waals surface area contributed by atoms with Crippen LogP contribution in [0.5, 0.6) is 0 Å². The van der Waals surface area contributed by atoms with Crippen LogP contribution in [-0.2, 0) is 5.41 Å². The lowest BCUT2D eigenvalue weighted by molar-refractivity contribution is 0.661. The van der Waals surface area contributed by atoms with E-state index < -0.39 is 0 Å². The average molecular weight is 697 g/mol. The second-order valence-electron chi connectivity index (χ2n) is 14.4. The fraction of sp³-hybridized carbons (Fsp3) is 0.0625. The molecule has 5 heteroatoms. The summed E-state index contributed by atoms with van der Waals surface area (Å²) >= 11 is 1.80. The van der Waals surface area contributed by atoms with Gasteiger partial charge in [0, 0.05) is 64.3 Å². The molecule has 0 N–H and O–H groups in total. The van der Waals surface area contributed by atoms with Crippen molar-refractivity contribution in [2.75, 3.05) is 0 Å². The Morgan fingerprint density at radius 1 is 0.491 bits per heavy atom. The molecule has 3 heterocycles. The molecule has 0 aliphatic heterocycles. The Kier molecular flexibility index (Phi) is 6.43. The molecule has 1 aliphatic carbocycles. The van der Waals surface area contributed by atoms with Gasteiger partial charge < -0.3 is 4.57 Å². The highest BCUT2D eigenvalue weighted by Crippen LogP contribution is 2.53. The van der Waals surface area contributed by atoms with Crippen LogP contribution in [-0.4, -0.2) is 19.5 Å². The largest absolute Gasteiger partial charge is 0.309 e. The van der Waals surface area contributed by atoms with E-state index in [4.69, 9.17) is 15.0 Å². The Balaban J connectivity index is 1.28. The Labute approximate surface area is 310 Å². The maximum absolute atomic E-state index is 5.25. The van der Waals surface area contributed by atoms with Crippen LogP contribution < -0.4 is 0 Å². The van der Waals surface area contributed by atoms with Crippen molar-refractivity contribution in [3.05, 3.63) is 169 Å². The lowest BCUT2D eigenvalue weighted by atomic mass is 9.82. The highest BCUT2D eigenvalue weighted by molar-refractivity contribution is 7.26. The maximum Gasteiger partial charge on any atom is 0.165 e. The molecule has 7 aromatic carbocycles. The summed E-state index contributed by atoms with van der Waals surface area (Å²) in [4.78, 5) is 15.5. The number of para-hydroxylation sites is 1. The first-order chi connectivity index (χ1) is 26.0. The Hall–Kier alpha value is -6.43. The van der Waals surface area contributed by atoms with Crippen LogP contribution in [0.15, 0.2) is 158 Å². The van der Waals surface area contributed by atoms with E-state index >= 15 is 0 Å².